The SMILES string of the molecule is C[C@H]([C@H](N[C@@H](O)C1CCCC1)C1CC1)N1CCCC(C)(C)C1. The first-order chi connectivity index (χ1) is 10.5. The number of piperidine rings is 1. The largest absolute Gasteiger partial charge is 0.378 e. The average Bonchev–Trinajstić information content (AvgIpc) is 3.15. The number of hydrogen-bond donors (Lipinski definition) is 2. The van der Waals surface area contributed by atoms with Crippen molar-refractivity contribution < 1.29 is 5.11 Å². The van der Waals surface area contributed by atoms with Crippen LogP contribution in [0.25, 0.3) is 0 Å². The van der Waals surface area contributed by atoms with Crippen LogP contribution in [0.15, 0.2) is 0 Å². The zero-order valence-corrected chi connectivity index (χ0v) is 14.9. The summed E-state index contributed by atoms with van der Waals surface area (Å²) in [5.74, 6) is 1.28. The van der Waals surface area contributed by atoms with E-state index in [1.54, 1.807) is 0 Å². The molecule has 2 N–H and O–H groups in total. The Balaban J connectivity index is 1.60. The lowest BCUT2D eigenvalue weighted by molar-refractivity contribution is 0.0217. The first kappa shape index (κ1) is 16.7. The fourth-order valence-corrected chi connectivity index (χ4v) is 4.77. The van der Waals surface area contributed by atoms with Crippen LogP contribution in [0.3, 0.4) is 0 Å². The second kappa shape index (κ2) is 6.78. The number of aliphatic hydroxyl groups excluding tert-OH is 1. The zero-order chi connectivity index (χ0) is 15.7. The second-order valence-electron chi connectivity index (χ2n) is 9.00. The van der Waals surface area contributed by atoms with Crippen molar-refractivity contribution in [3.05, 3.63) is 0 Å². The van der Waals surface area contributed by atoms with E-state index in [0.717, 1.165) is 5.92 Å². The Morgan fingerprint density at radius 3 is 2.32 bits per heavy atom. The molecule has 2 aliphatic carbocycles. The summed E-state index contributed by atoms with van der Waals surface area (Å²) in [7, 11) is 0. The molecule has 1 aliphatic heterocycles. The van der Waals surface area contributed by atoms with Gasteiger partial charge in [0, 0.05) is 18.6 Å². The molecule has 0 spiro atoms. The van der Waals surface area contributed by atoms with E-state index in [1.165, 1.54) is 64.5 Å². The van der Waals surface area contributed by atoms with Gasteiger partial charge in [-0.05, 0) is 69.2 Å². The van der Waals surface area contributed by atoms with Crippen molar-refractivity contribution >= 4 is 0 Å². The molecule has 3 atom stereocenters. The maximum atomic E-state index is 10.6. The fraction of sp³-hybridized carbons (Fsp3) is 1.00. The Kier molecular flexibility index (Phi) is 5.16. The van der Waals surface area contributed by atoms with Crippen LogP contribution in [0.1, 0.15) is 72.1 Å². The van der Waals surface area contributed by atoms with E-state index in [0.29, 0.717) is 23.4 Å². The molecule has 3 fully saturated rings. The molecule has 1 heterocycles. The number of aliphatic hydroxyl groups is 1. The Hall–Kier alpha value is -0.120. The lowest BCUT2D eigenvalue weighted by atomic mass is 9.83. The summed E-state index contributed by atoms with van der Waals surface area (Å²) >= 11 is 0. The van der Waals surface area contributed by atoms with Gasteiger partial charge in [-0.25, -0.2) is 0 Å². The normalized spacial score (nSPS) is 31.1. The summed E-state index contributed by atoms with van der Waals surface area (Å²) in [6.45, 7) is 9.63. The fourth-order valence-electron chi connectivity index (χ4n) is 4.77. The van der Waals surface area contributed by atoms with Gasteiger partial charge in [-0.3, -0.25) is 10.2 Å². The molecular formula is C19H36N2O. The Morgan fingerprint density at radius 2 is 1.73 bits per heavy atom. The maximum Gasteiger partial charge on any atom is 0.108 e. The molecule has 3 heteroatoms. The van der Waals surface area contributed by atoms with Crippen molar-refractivity contribution in [1.82, 2.24) is 10.2 Å². The Labute approximate surface area is 136 Å². The van der Waals surface area contributed by atoms with Gasteiger partial charge in [0.25, 0.3) is 0 Å². The summed E-state index contributed by atoms with van der Waals surface area (Å²) in [6, 6.07) is 1.02. The van der Waals surface area contributed by atoms with Gasteiger partial charge in [0.05, 0.1) is 0 Å². The van der Waals surface area contributed by atoms with Crippen LogP contribution < -0.4 is 5.32 Å². The molecule has 1 saturated heterocycles. The van der Waals surface area contributed by atoms with Gasteiger partial charge >= 0.3 is 0 Å². The molecule has 0 radical (unpaired) electrons. The highest BCUT2D eigenvalue weighted by Crippen LogP contribution is 2.38. The second-order valence-corrected chi connectivity index (χ2v) is 9.00. The lowest BCUT2D eigenvalue weighted by Gasteiger charge is -2.44. The number of nitrogens with zero attached hydrogens (tertiary/aromatic N) is 1. The van der Waals surface area contributed by atoms with Crippen molar-refractivity contribution in [2.75, 3.05) is 13.1 Å². The average molecular weight is 309 g/mol. The molecule has 0 aromatic heterocycles. The molecule has 3 aliphatic rings. The highest BCUT2D eigenvalue weighted by atomic mass is 16.3. The van der Waals surface area contributed by atoms with Crippen molar-refractivity contribution in [3.8, 4) is 0 Å². The molecule has 0 unspecified atom stereocenters. The molecule has 22 heavy (non-hydrogen) atoms. The summed E-state index contributed by atoms with van der Waals surface area (Å²) in [5, 5.41) is 14.3. The van der Waals surface area contributed by atoms with E-state index >= 15 is 0 Å². The molecule has 0 bridgehead atoms. The minimum Gasteiger partial charge on any atom is -0.378 e. The summed E-state index contributed by atoms with van der Waals surface area (Å²) in [5.41, 5.74) is 0.449. The van der Waals surface area contributed by atoms with Crippen LogP contribution in [0.5, 0.6) is 0 Å². The van der Waals surface area contributed by atoms with E-state index in [2.05, 4.69) is 31.0 Å². The molecule has 0 amide bonds. The lowest BCUT2D eigenvalue weighted by Crippen LogP contribution is -2.56. The Bertz CT molecular complexity index is 360. The van der Waals surface area contributed by atoms with E-state index in [4.69, 9.17) is 0 Å². The number of nitrogens with one attached hydrogen (secondary N) is 1. The Morgan fingerprint density at radius 1 is 1.05 bits per heavy atom. The van der Waals surface area contributed by atoms with Crippen LogP contribution in [0.2, 0.25) is 0 Å². The molecule has 3 nitrogen and oxygen atoms in total. The van der Waals surface area contributed by atoms with Crippen molar-refractivity contribution in [2.45, 2.75) is 90.4 Å². The molecule has 3 rings (SSSR count). The summed E-state index contributed by atoms with van der Waals surface area (Å²) < 4.78 is 0. The summed E-state index contributed by atoms with van der Waals surface area (Å²) in [6.07, 6.45) is 10.1. The van der Waals surface area contributed by atoms with Gasteiger partial charge in [0.2, 0.25) is 0 Å². The summed E-state index contributed by atoms with van der Waals surface area (Å²) in [4.78, 5) is 2.68. The minimum absolute atomic E-state index is 0.284. The topological polar surface area (TPSA) is 35.5 Å². The van der Waals surface area contributed by atoms with Gasteiger partial charge in [-0.1, -0.05) is 26.7 Å². The molecular weight excluding hydrogens is 272 g/mol. The molecule has 2 saturated carbocycles. The number of hydrogen-bond acceptors (Lipinski definition) is 3. The van der Waals surface area contributed by atoms with Gasteiger partial charge < -0.3 is 5.11 Å². The first-order valence-corrected chi connectivity index (χ1v) is 9.64. The molecule has 0 aromatic rings. The third-order valence-electron chi connectivity index (χ3n) is 6.37. The van der Waals surface area contributed by atoms with E-state index in [1.807, 2.05) is 0 Å². The van der Waals surface area contributed by atoms with E-state index in [9.17, 15) is 5.11 Å². The third kappa shape index (κ3) is 4.04. The van der Waals surface area contributed by atoms with Gasteiger partial charge in [-0.2, -0.15) is 0 Å². The predicted molar refractivity (Wildman–Crippen MR) is 91.7 cm³/mol. The maximum absolute atomic E-state index is 10.6. The van der Waals surface area contributed by atoms with Crippen LogP contribution in [-0.4, -0.2) is 41.4 Å². The monoisotopic (exact) mass is 308 g/mol. The van der Waals surface area contributed by atoms with Crippen LogP contribution in [-0.2, 0) is 0 Å². The number of likely N-dealkylation sites (tertiary alicyclic amines) is 1. The standard InChI is InChI=1S/C19H36N2O/c1-14(21-12-6-11-19(2,3)13-21)17(15-9-10-15)20-18(22)16-7-4-5-8-16/h14-18,20,22H,4-13H2,1-3H3/t14-,17+,18+/m1/s1. The highest BCUT2D eigenvalue weighted by Gasteiger charge is 2.40. The number of rotatable bonds is 6. The minimum atomic E-state index is -0.284. The van der Waals surface area contributed by atoms with Gasteiger partial charge in [-0.15, -0.1) is 0 Å². The zero-order valence-electron chi connectivity index (χ0n) is 14.9. The van der Waals surface area contributed by atoms with E-state index in [-0.39, 0.29) is 6.23 Å². The van der Waals surface area contributed by atoms with Crippen molar-refractivity contribution in [1.29, 1.82) is 0 Å². The molecule has 0 aromatic carbocycles. The van der Waals surface area contributed by atoms with Crippen LogP contribution in [0, 0.1) is 17.3 Å². The van der Waals surface area contributed by atoms with Crippen LogP contribution >= 0.6 is 0 Å². The van der Waals surface area contributed by atoms with E-state index < -0.39 is 0 Å². The van der Waals surface area contributed by atoms with Gasteiger partial charge in [0.1, 0.15) is 6.23 Å². The van der Waals surface area contributed by atoms with Crippen molar-refractivity contribution in [3.63, 3.8) is 0 Å². The quantitative estimate of drug-likeness (QED) is 0.739. The van der Waals surface area contributed by atoms with Gasteiger partial charge in [0.15, 0.2) is 0 Å². The van der Waals surface area contributed by atoms with Crippen molar-refractivity contribution in [2.24, 2.45) is 17.3 Å². The third-order valence-corrected chi connectivity index (χ3v) is 6.37. The first-order valence-electron chi connectivity index (χ1n) is 9.64. The smallest absolute Gasteiger partial charge is 0.108 e. The highest BCUT2D eigenvalue weighted by molar-refractivity contribution is 4.96. The predicted octanol–water partition coefficient (Wildman–Crippen LogP) is 3.37. The molecule has 128 valence electrons. The van der Waals surface area contributed by atoms with Crippen LogP contribution in [0.4, 0.5) is 0 Å².